The summed E-state index contributed by atoms with van der Waals surface area (Å²) in [7, 11) is 0. The molecule has 0 saturated carbocycles. The van der Waals surface area contributed by atoms with Crippen LogP contribution in [0.4, 0.5) is 0 Å². The minimum atomic E-state index is 0.0516. The molecule has 1 aliphatic carbocycles. The number of allylic oxidation sites excluding steroid dienone is 1. The van der Waals surface area contributed by atoms with E-state index in [4.69, 9.17) is 16.3 Å². The van der Waals surface area contributed by atoms with Crippen LogP contribution in [0.15, 0.2) is 24.3 Å². The molecule has 150 valence electrons. The highest BCUT2D eigenvalue weighted by atomic mass is 35.5. The number of ether oxygens (including phenoxy) is 1. The van der Waals surface area contributed by atoms with E-state index in [0.717, 1.165) is 57.4 Å². The summed E-state index contributed by atoms with van der Waals surface area (Å²) in [6, 6.07) is 5.51. The second-order valence-electron chi connectivity index (χ2n) is 7.58. The molecule has 1 aromatic carbocycles. The number of nitrogens with one attached hydrogen (secondary N) is 2. The lowest BCUT2D eigenvalue weighted by molar-refractivity contribution is 0.0302. The van der Waals surface area contributed by atoms with E-state index in [9.17, 15) is 9.90 Å². The Hall–Kier alpha value is -2.70. The van der Waals surface area contributed by atoms with Crippen molar-refractivity contribution in [2.75, 3.05) is 26.3 Å². The molecule has 3 aromatic rings. The normalized spacial score (nSPS) is 16.8. The number of aromatic nitrogens is 2. The first kappa shape index (κ1) is 18.3. The Morgan fingerprint density at radius 3 is 2.83 bits per heavy atom. The molecule has 1 amide bonds. The highest BCUT2D eigenvalue weighted by Crippen LogP contribution is 2.42. The lowest BCUT2D eigenvalue weighted by Crippen LogP contribution is -2.41. The number of carbonyl (C=O) groups excluding carboxylic acids is 1. The first-order valence-corrected chi connectivity index (χ1v) is 10.2. The van der Waals surface area contributed by atoms with Gasteiger partial charge in [0.25, 0.3) is 5.91 Å². The predicted molar refractivity (Wildman–Crippen MR) is 113 cm³/mol. The average Bonchev–Trinajstić information content (AvgIpc) is 3.23. The van der Waals surface area contributed by atoms with Crippen molar-refractivity contribution in [3.8, 4) is 5.88 Å². The van der Waals surface area contributed by atoms with Gasteiger partial charge in [0, 0.05) is 40.3 Å². The van der Waals surface area contributed by atoms with Gasteiger partial charge in [0.2, 0.25) is 0 Å². The zero-order valence-electron chi connectivity index (χ0n) is 16.1. The number of nitrogens with zero attached hydrogens (tertiary/aromatic N) is 1. The molecule has 5 rings (SSSR count). The number of rotatable bonds is 2. The number of aryl methyl sites for hydroxylation is 1. The standard InChI is InChI=1S/C22H22ClN3O3/c1-12-18(22(28)26-7-9-29-10-8-26)14-3-2-4-15(20(14)24-12)19-16-11-13(23)5-6-17(16)25-21(19)27/h4-6,11,24-25,27H,2-3,7-10H2,1H3. The van der Waals surface area contributed by atoms with Crippen LogP contribution in [0.1, 0.15) is 39.3 Å². The van der Waals surface area contributed by atoms with Crippen LogP contribution in [0.2, 0.25) is 5.02 Å². The van der Waals surface area contributed by atoms with Gasteiger partial charge in [-0.15, -0.1) is 0 Å². The van der Waals surface area contributed by atoms with Crippen LogP contribution in [-0.2, 0) is 11.2 Å². The molecule has 2 aromatic heterocycles. The number of amides is 1. The van der Waals surface area contributed by atoms with Crippen molar-refractivity contribution >= 4 is 34.0 Å². The van der Waals surface area contributed by atoms with Gasteiger partial charge in [-0.05, 0) is 43.5 Å². The first-order valence-electron chi connectivity index (χ1n) is 9.84. The highest BCUT2D eigenvalue weighted by Gasteiger charge is 2.30. The fourth-order valence-electron chi connectivity index (χ4n) is 4.48. The Labute approximate surface area is 173 Å². The number of hydrogen-bond donors (Lipinski definition) is 3. The van der Waals surface area contributed by atoms with Crippen LogP contribution in [0.25, 0.3) is 16.5 Å². The van der Waals surface area contributed by atoms with E-state index in [2.05, 4.69) is 16.0 Å². The molecule has 3 heterocycles. The maximum absolute atomic E-state index is 13.2. The number of benzene rings is 1. The molecule has 0 bridgehead atoms. The molecular formula is C22H22ClN3O3. The smallest absolute Gasteiger partial charge is 0.256 e. The van der Waals surface area contributed by atoms with Crippen LogP contribution in [0.3, 0.4) is 0 Å². The van der Waals surface area contributed by atoms with Crippen molar-refractivity contribution in [2.45, 2.75) is 19.8 Å². The molecule has 1 aliphatic heterocycles. The number of halogens is 1. The molecule has 3 N–H and O–H groups in total. The monoisotopic (exact) mass is 411 g/mol. The fourth-order valence-corrected chi connectivity index (χ4v) is 4.66. The van der Waals surface area contributed by atoms with Gasteiger partial charge in [-0.25, -0.2) is 0 Å². The molecule has 29 heavy (non-hydrogen) atoms. The number of fused-ring (bicyclic) bond motifs is 2. The van der Waals surface area contributed by atoms with Gasteiger partial charge in [-0.3, -0.25) is 4.79 Å². The summed E-state index contributed by atoms with van der Waals surface area (Å²) < 4.78 is 5.39. The van der Waals surface area contributed by atoms with Crippen LogP contribution in [0.5, 0.6) is 5.88 Å². The van der Waals surface area contributed by atoms with Gasteiger partial charge in [0.15, 0.2) is 5.88 Å². The molecule has 0 unspecified atom stereocenters. The number of aromatic hydroxyl groups is 1. The van der Waals surface area contributed by atoms with Crippen LogP contribution >= 0.6 is 11.6 Å². The van der Waals surface area contributed by atoms with E-state index >= 15 is 0 Å². The number of morpholine rings is 1. The second kappa shape index (κ2) is 6.97. The van der Waals surface area contributed by atoms with Crippen LogP contribution < -0.4 is 0 Å². The molecule has 1 saturated heterocycles. The van der Waals surface area contributed by atoms with Gasteiger partial charge >= 0.3 is 0 Å². The molecular weight excluding hydrogens is 390 g/mol. The molecule has 6 nitrogen and oxygen atoms in total. The number of H-pyrrole nitrogens is 2. The molecule has 0 spiro atoms. The van der Waals surface area contributed by atoms with E-state index < -0.39 is 0 Å². The van der Waals surface area contributed by atoms with Gasteiger partial charge < -0.3 is 24.7 Å². The zero-order valence-corrected chi connectivity index (χ0v) is 16.9. The molecule has 0 atom stereocenters. The summed E-state index contributed by atoms with van der Waals surface area (Å²) in [4.78, 5) is 21.5. The lowest BCUT2D eigenvalue weighted by atomic mass is 9.89. The van der Waals surface area contributed by atoms with Crippen molar-refractivity contribution in [2.24, 2.45) is 0 Å². The fraction of sp³-hybridized carbons (Fsp3) is 0.318. The Morgan fingerprint density at radius 1 is 1.24 bits per heavy atom. The summed E-state index contributed by atoms with van der Waals surface area (Å²) in [5.74, 6) is 0.158. The van der Waals surface area contributed by atoms with E-state index in [1.54, 1.807) is 6.07 Å². The molecule has 2 aliphatic rings. The molecule has 0 radical (unpaired) electrons. The third-order valence-electron chi connectivity index (χ3n) is 5.83. The maximum Gasteiger partial charge on any atom is 0.256 e. The molecule has 1 fully saturated rings. The number of aromatic amines is 2. The topological polar surface area (TPSA) is 81.3 Å². The minimum Gasteiger partial charge on any atom is -0.494 e. The van der Waals surface area contributed by atoms with Crippen LogP contribution in [0, 0.1) is 6.92 Å². The maximum atomic E-state index is 13.2. The van der Waals surface area contributed by atoms with Crippen molar-refractivity contribution in [3.05, 3.63) is 57.4 Å². The number of hydrogen-bond acceptors (Lipinski definition) is 3. The zero-order chi connectivity index (χ0) is 20.1. The van der Waals surface area contributed by atoms with Gasteiger partial charge in [-0.1, -0.05) is 17.7 Å². The summed E-state index contributed by atoms with van der Waals surface area (Å²) in [6.45, 7) is 4.32. The Bertz CT molecular complexity index is 1150. The van der Waals surface area contributed by atoms with E-state index in [-0.39, 0.29) is 11.8 Å². The van der Waals surface area contributed by atoms with Crippen molar-refractivity contribution < 1.29 is 14.6 Å². The predicted octanol–water partition coefficient (Wildman–Crippen LogP) is 4.01. The third-order valence-corrected chi connectivity index (χ3v) is 6.06. The van der Waals surface area contributed by atoms with Crippen molar-refractivity contribution in [3.63, 3.8) is 0 Å². The van der Waals surface area contributed by atoms with Crippen molar-refractivity contribution in [1.82, 2.24) is 14.9 Å². The van der Waals surface area contributed by atoms with Crippen LogP contribution in [-0.4, -0.2) is 52.2 Å². The lowest BCUT2D eigenvalue weighted by Gasteiger charge is -2.27. The van der Waals surface area contributed by atoms with Gasteiger partial charge in [0.1, 0.15) is 0 Å². The van der Waals surface area contributed by atoms with E-state index in [1.807, 2.05) is 24.0 Å². The second-order valence-corrected chi connectivity index (χ2v) is 8.01. The van der Waals surface area contributed by atoms with E-state index in [0.29, 0.717) is 31.3 Å². The summed E-state index contributed by atoms with van der Waals surface area (Å²) in [5, 5.41) is 12.1. The Balaban J connectivity index is 1.62. The van der Waals surface area contributed by atoms with Gasteiger partial charge in [0.05, 0.1) is 30.0 Å². The summed E-state index contributed by atoms with van der Waals surface area (Å²) in [5.41, 5.74) is 5.98. The minimum absolute atomic E-state index is 0.0516. The Kier molecular flexibility index (Phi) is 4.41. The van der Waals surface area contributed by atoms with E-state index in [1.165, 1.54) is 0 Å². The SMILES string of the molecule is Cc1[nH]c2c(c1C(=O)N1CCOCC1)CCC=C2c1c(O)[nH]c2ccc(Cl)cc12. The summed E-state index contributed by atoms with van der Waals surface area (Å²) >= 11 is 6.21. The average molecular weight is 412 g/mol. The highest BCUT2D eigenvalue weighted by molar-refractivity contribution is 6.31. The van der Waals surface area contributed by atoms with Crippen molar-refractivity contribution in [1.29, 1.82) is 0 Å². The quantitative estimate of drug-likeness (QED) is 0.595. The number of carbonyl (C=O) groups is 1. The first-order chi connectivity index (χ1) is 14.0. The van der Waals surface area contributed by atoms with Gasteiger partial charge in [-0.2, -0.15) is 0 Å². The largest absolute Gasteiger partial charge is 0.494 e. The summed E-state index contributed by atoms with van der Waals surface area (Å²) in [6.07, 6.45) is 3.71. The molecule has 7 heteroatoms. The third kappa shape index (κ3) is 2.94. The Morgan fingerprint density at radius 2 is 2.03 bits per heavy atom.